The number of hydrogen-bond donors (Lipinski definition) is 0. The highest BCUT2D eigenvalue weighted by molar-refractivity contribution is 9.10. The second kappa shape index (κ2) is 4.24. The molecule has 0 atom stereocenters. The van der Waals surface area contributed by atoms with E-state index in [1.165, 1.54) is 11.3 Å². The maximum Gasteiger partial charge on any atom is 0.205 e. The van der Waals surface area contributed by atoms with Crippen LogP contribution in [0.2, 0.25) is 0 Å². The molecule has 0 saturated heterocycles. The Hall–Kier alpha value is -1.00. The standard InChI is InChI=1S/C11H8BrNOS/c1-7-2-3-8(6-13-7)10(14)11-9(12)4-5-15-11/h2-6H,1H3. The van der Waals surface area contributed by atoms with Crippen molar-refractivity contribution in [3.05, 3.63) is 50.4 Å². The van der Waals surface area contributed by atoms with Crippen LogP contribution in [0.1, 0.15) is 20.9 Å². The Morgan fingerprint density at radius 1 is 1.40 bits per heavy atom. The van der Waals surface area contributed by atoms with Crippen LogP contribution in [0, 0.1) is 6.92 Å². The van der Waals surface area contributed by atoms with Gasteiger partial charge in [-0.1, -0.05) is 0 Å². The first-order chi connectivity index (χ1) is 7.18. The highest BCUT2D eigenvalue weighted by Crippen LogP contribution is 2.25. The summed E-state index contributed by atoms with van der Waals surface area (Å²) in [4.78, 5) is 16.8. The molecule has 0 aromatic carbocycles. The van der Waals surface area contributed by atoms with Crippen LogP contribution in [0.15, 0.2) is 34.2 Å². The van der Waals surface area contributed by atoms with Crippen molar-refractivity contribution < 1.29 is 4.79 Å². The zero-order chi connectivity index (χ0) is 10.8. The van der Waals surface area contributed by atoms with Gasteiger partial charge in [0.05, 0.1) is 4.88 Å². The average molecular weight is 282 g/mol. The zero-order valence-electron chi connectivity index (χ0n) is 8.03. The fourth-order valence-corrected chi connectivity index (χ4v) is 2.70. The van der Waals surface area contributed by atoms with Crippen molar-refractivity contribution in [1.29, 1.82) is 0 Å². The van der Waals surface area contributed by atoms with Crippen molar-refractivity contribution in [2.75, 3.05) is 0 Å². The highest BCUT2D eigenvalue weighted by Gasteiger charge is 2.13. The monoisotopic (exact) mass is 281 g/mol. The topological polar surface area (TPSA) is 30.0 Å². The predicted octanol–water partition coefficient (Wildman–Crippen LogP) is 3.45. The molecule has 2 rings (SSSR count). The molecule has 0 saturated carbocycles. The summed E-state index contributed by atoms with van der Waals surface area (Å²) in [5, 5.41) is 1.89. The lowest BCUT2D eigenvalue weighted by molar-refractivity contribution is 0.104. The Morgan fingerprint density at radius 3 is 2.73 bits per heavy atom. The van der Waals surface area contributed by atoms with Crippen molar-refractivity contribution in [2.45, 2.75) is 6.92 Å². The number of halogens is 1. The van der Waals surface area contributed by atoms with Gasteiger partial charge in [-0.2, -0.15) is 0 Å². The average Bonchev–Trinajstić information content (AvgIpc) is 2.65. The van der Waals surface area contributed by atoms with E-state index in [2.05, 4.69) is 20.9 Å². The maximum atomic E-state index is 12.0. The smallest absolute Gasteiger partial charge is 0.205 e. The third kappa shape index (κ3) is 2.16. The van der Waals surface area contributed by atoms with E-state index < -0.39 is 0 Å². The number of carbonyl (C=O) groups excluding carboxylic acids is 1. The lowest BCUT2D eigenvalue weighted by Crippen LogP contribution is -2.00. The summed E-state index contributed by atoms with van der Waals surface area (Å²) >= 11 is 4.78. The molecule has 0 amide bonds. The Balaban J connectivity index is 2.37. The molecular formula is C11H8BrNOS. The van der Waals surface area contributed by atoms with Crippen LogP contribution in [0.4, 0.5) is 0 Å². The van der Waals surface area contributed by atoms with Crippen molar-refractivity contribution >= 4 is 33.0 Å². The molecule has 0 aliphatic carbocycles. The minimum absolute atomic E-state index is 0.0179. The molecular weight excluding hydrogens is 274 g/mol. The Labute approximate surface area is 100 Å². The van der Waals surface area contributed by atoms with Gasteiger partial charge in [0.1, 0.15) is 0 Å². The summed E-state index contributed by atoms with van der Waals surface area (Å²) < 4.78 is 0.845. The summed E-state index contributed by atoms with van der Waals surface area (Å²) in [5.41, 5.74) is 1.54. The number of pyridine rings is 1. The zero-order valence-corrected chi connectivity index (χ0v) is 10.4. The predicted molar refractivity (Wildman–Crippen MR) is 64.4 cm³/mol. The van der Waals surface area contributed by atoms with Crippen molar-refractivity contribution in [3.8, 4) is 0 Å². The number of rotatable bonds is 2. The summed E-state index contributed by atoms with van der Waals surface area (Å²) in [6, 6.07) is 5.52. The Kier molecular flexibility index (Phi) is 2.98. The molecule has 0 unspecified atom stereocenters. The molecule has 0 bridgehead atoms. The molecule has 2 heterocycles. The lowest BCUT2D eigenvalue weighted by Gasteiger charge is -1.99. The van der Waals surface area contributed by atoms with Crippen LogP contribution >= 0.6 is 27.3 Å². The van der Waals surface area contributed by atoms with E-state index in [-0.39, 0.29) is 5.78 Å². The van der Waals surface area contributed by atoms with Crippen molar-refractivity contribution in [2.24, 2.45) is 0 Å². The second-order valence-electron chi connectivity index (χ2n) is 3.12. The van der Waals surface area contributed by atoms with Gasteiger partial charge in [0.15, 0.2) is 0 Å². The van der Waals surface area contributed by atoms with Gasteiger partial charge in [-0.05, 0) is 46.4 Å². The quantitative estimate of drug-likeness (QED) is 0.790. The van der Waals surface area contributed by atoms with Gasteiger partial charge in [0, 0.05) is 21.9 Å². The lowest BCUT2D eigenvalue weighted by atomic mass is 10.1. The number of aryl methyl sites for hydroxylation is 1. The number of nitrogens with zero attached hydrogens (tertiary/aromatic N) is 1. The van der Waals surface area contributed by atoms with Gasteiger partial charge in [0.2, 0.25) is 5.78 Å². The summed E-state index contributed by atoms with van der Waals surface area (Å²) in [6.07, 6.45) is 1.61. The number of ketones is 1. The highest BCUT2D eigenvalue weighted by atomic mass is 79.9. The maximum absolute atomic E-state index is 12.0. The van der Waals surface area contributed by atoms with Crippen molar-refractivity contribution in [3.63, 3.8) is 0 Å². The van der Waals surface area contributed by atoms with Gasteiger partial charge in [0.25, 0.3) is 0 Å². The number of hydrogen-bond acceptors (Lipinski definition) is 3. The number of carbonyl (C=O) groups is 1. The summed E-state index contributed by atoms with van der Waals surface area (Å²) in [5.74, 6) is 0.0179. The first-order valence-electron chi connectivity index (χ1n) is 4.39. The molecule has 0 aliphatic rings. The second-order valence-corrected chi connectivity index (χ2v) is 4.89. The summed E-state index contributed by atoms with van der Waals surface area (Å²) in [7, 11) is 0. The molecule has 2 aromatic heterocycles. The van der Waals surface area contributed by atoms with Gasteiger partial charge < -0.3 is 0 Å². The van der Waals surface area contributed by atoms with E-state index in [1.54, 1.807) is 12.3 Å². The Morgan fingerprint density at radius 2 is 2.20 bits per heavy atom. The molecule has 4 heteroatoms. The largest absolute Gasteiger partial charge is 0.288 e. The minimum Gasteiger partial charge on any atom is -0.288 e. The third-order valence-electron chi connectivity index (χ3n) is 2.00. The molecule has 0 radical (unpaired) electrons. The molecule has 2 aromatic rings. The molecule has 15 heavy (non-hydrogen) atoms. The molecule has 0 spiro atoms. The van der Waals surface area contributed by atoms with Gasteiger partial charge in [-0.25, -0.2) is 0 Å². The summed E-state index contributed by atoms with van der Waals surface area (Å²) in [6.45, 7) is 1.90. The molecule has 76 valence electrons. The number of thiophene rings is 1. The van der Waals surface area contributed by atoms with Crippen LogP contribution in [0.25, 0.3) is 0 Å². The fraction of sp³-hybridized carbons (Fsp3) is 0.0909. The van der Waals surface area contributed by atoms with Crippen LogP contribution in [0.5, 0.6) is 0 Å². The number of aromatic nitrogens is 1. The molecule has 2 nitrogen and oxygen atoms in total. The van der Waals surface area contributed by atoms with Crippen LogP contribution in [0.3, 0.4) is 0 Å². The van der Waals surface area contributed by atoms with Gasteiger partial charge >= 0.3 is 0 Å². The molecule has 0 N–H and O–H groups in total. The van der Waals surface area contributed by atoms with Gasteiger partial charge in [-0.15, -0.1) is 11.3 Å². The Bertz CT molecular complexity index is 490. The SMILES string of the molecule is Cc1ccc(C(=O)c2sccc2Br)cn1. The molecule has 0 fully saturated rings. The fourth-order valence-electron chi connectivity index (χ4n) is 1.19. The van der Waals surface area contributed by atoms with E-state index in [0.29, 0.717) is 5.56 Å². The van der Waals surface area contributed by atoms with E-state index in [4.69, 9.17) is 0 Å². The first kappa shape index (κ1) is 10.5. The first-order valence-corrected chi connectivity index (χ1v) is 6.06. The molecule has 0 aliphatic heterocycles. The van der Waals surface area contributed by atoms with Crippen LogP contribution < -0.4 is 0 Å². The van der Waals surface area contributed by atoms with Crippen molar-refractivity contribution in [1.82, 2.24) is 4.98 Å². The normalized spacial score (nSPS) is 10.3. The third-order valence-corrected chi connectivity index (χ3v) is 3.83. The van der Waals surface area contributed by atoms with Crippen LogP contribution in [-0.4, -0.2) is 10.8 Å². The van der Waals surface area contributed by atoms with E-state index >= 15 is 0 Å². The minimum atomic E-state index is 0.0179. The van der Waals surface area contributed by atoms with E-state index in [0.717, 1.165) is 15.0 Å². The van der Waals surface area contributed by atoms with Gasteiger partial charge in [-0.3, -0.25) is 9.78 Å². The van der Waals surface area contributed by atoms with E-state index in [9.17, 15) is 4.79 Å². The van der Waals surface area contributed by atoms with E-state index in [1.807, 2.05) is 24.4 Å². The van der Waals surface area contributed by atoms with Crippen LogP contribution in [-0.2, 0) is 0 Å².